The van der Waals surface area contributed by atoms with Crippen molar-refractivity contribution in [3.8, 4) is 11.1 Å². The van der Waals surface area contributed by atoms with Crippen LogP contribution in [0.15, 0.2) is 66.7 Å². The van der Waals surface area contributed by atoms with Crippen molar-refractivity contribution in [2.75, 3.05) is 5.32 Å². The molecule has 4 aliphatic carbocycles. The standard InChI is InChI=1S/C31H33N/c1-30(2)27-7-5-4-6-25(27)26-13-12-24(16-28(26)30)32-23-10-8-22(9-11-23)31(3)17-20-14-19-15-21(18-31)29(19)20/h4-13,16,19-21,29,32H,14-15,17-18H2,1-3H3. The third-order valence-corrected chi connectivity index (χ3v) is 9.72. The fourth-order valence-corrected chi connectivity index (χ4v) is 8.09. The summed E-state index contributed by atoms with van der Waals surface area (Å²) in [7, 11) is 0. The van der Waals surface area contributed by atoms with E-state index in [1.165, 1.54) is 59.3 Å². The summed E-state index contributed by atoms with van der Waals surface area (Å²) in [5.74, 6) is 4.22. The molecule has 7 rings (SSSR count). The predicted octanol–water partition coefficient (Wildman–Crippen LogP) is 8.06. The van der Waals surface area contributed by atoms with Gasteiger partial charge in [0, 0.05) is 16.8 Å². The van der Waals surface area contributed by atoms with Gasteiger partial charge in [-0.1, -0.05) is 63.2 Å². The second-order valence-electron chi connectivity index (χ2n) is 11.9. The van der Waals surface area contributed by atoms with Crippen molar-refractivity contribution < 1.29 is 0 Å². The van der Waals surface area contributed by atoms with Crippen LogP contribution in [0, 0.1) is 23.7 Å². The Hall–Kier alpha value is -2.54. The summed E-state index contributed by atoms with van der Waals surface area (Å²) >= 11 is 0. The summed E-state index contributed by atoms with van der Waals surface area (Å²) in [6, 6.07) is 25.1. The smallest absolute Gasteiger partial charge is 0.0387 e. The lowest BCUT2D eigenvalue weighted by Crippen LogP contribution is -2.58. The Kier molecular flexibility index (Phi) is 3.72. The van der Waals surface area contributed by atoms with Gasteiger partial charge in [0.1, 0.15) is 0 Å². The summed E-state index contributed by atoms with van der Waals surface area (Å²) in [4.78, 5) is 0. The second-order valence-corrected chi connectivity index (χ2v) is 11.9. The lowest BCUT2D eigenvalue weighted by atomic mass is 9.39. The average Bonchev–Trinajstić information content (AvgIpc) is 2.98. The lowest BCUT2D eigenvalue weighted by molar-refractivity contribution is -0.141. The van der Waals surface area contributed by atoms with Crippen LogP contribution in [-0.4, -0.2) is 0 Å². The van der Waals surface area contributed by atoms with Crippen LogP contribution in [0.1, 0.15) is 63.1 Å². The van der Waals surface area contributed by atoms with Gasteiger partial charge < -0.3 is 5.32 Å². The van der Waals surface area contributed by atoms with Crippen LogP contribution in [0.5, 0.6) is 0 Å². The molecule has 1 nitrogen and oxygen atoms in total. The molecule has 0 amide bonds. The van der Waals surface area contributed by atoms with Crippen LogP contribution < -0.4 is 5.32 Å². The van der Waals surface area contributed by atoms with Gasteiger partial charge in [-0.2, -0.15) is 0 Å². The highest BCUT2D eigenvalue weighted by Crippen LogP contribution is 2.67. The number of anilines is 2. The Balaban J connectivity index is 1.13. The minimum absolute atomic E-state index is 0.0446. The van der Waals surface area contributed by atoms with Crippen molar-refractivity contribution in [1.29, 1.82) is 0 Å². The Morgan fingerprint density at radius 3 is 2.06 bits per heavy atom. The van der Waals surface area contributed by atoms with E-state index in [1.807, 2.05) is 0 Å². The van der Waals surface area contributed by atoms with E-state index in [-0.39, 0.29) is 5.41 Å². The molecule has 0 spiro atoms. The van der Waals surface area contributed by atoms with E-state index in [2.05, 4.69) is 92.8 Å². The van der Waals surface area contributed by atoms with Crippen molar-refractivity contribution in [3.63, 3.8) is 0 Å². The van der Waals surface area contributed by atoms with Crippen LogP contribution >= 0.6 is 0 Å². The minimum atomic E-state index is 0.0446. The number of benzene rings is 3. The molecule has 3 aromatic rings. The molecule has 0 aliphatic heterocycles. The Bertz CT molecular complexity index is 1200. The number of fused-ring (bicyclic) bond motifs is 3. The average molecular weight is 420 g/mol. The summed E-state index contributed by atoms with van der Waals surface area (Å²) in [6.45, 7) is 7.22. The third-order valence-electron chi connectivity index (χ3n) is 9.72. The van der Waals surface area contributed by atoms with Crippen LogP contribution in [0.2, 0.25) is 0 Å². The highest BCUT2D eigenvalue weighted by molar-refractivity contribution is 5.82. The maximum Gasteiger partial charge on any atom is 0.0387 e. The molecule has 2 unspecified atom stereocenters. The number of hydrogen-bond acceptors (Lipinski definition) is 1. The van der Waals surface area contributed by atoms with Crippen LogP contribution in [0.25, 0.3) is 11.1 Å². The van der Waals surface area contributed by atoms with Gasteiger partial charge in [0.05, 0.1) is 0 Å². The summed E-state index contributed by atoms with van der Waals surface area (Å²) < 4.78 is 0. The van der Waals surface area contributed by atoms with Crippen molar-refractivity contribution in [2.45, 2.75) is 57.3 Å². The molecule has 1 N–H and O–H groups in total. The van der Waals surface area contributed by atoms with Gasteiger partial charge in [0.25, 0.3) is 0 Å². The van der Waals surface area contributed by atoms with E-state index in [1.54, 1.807) is 5.56 Å². The fourth-order valence-electron chi connectivity index (χ4n) is 8.09. The first-order valence-corrected chi connectivity index (χ1v) is 12.5. The maximum atomic E-state index is 3.68. The first kappa shape index (κ1) is 19.0. The van der Waals surface area contributed by atoms with E-state index in [9.17, 15) is 0 Å². The molecular weight excluding hydrogens is 386 g/mol. The predicted molar refractivity (Wildman–Crippen MR) is 134 cm³/mol. The minimum Gasteiger partial charge on any atom is -0.356 e. The Morgan fingerprint density at radius 2 is 1.34 bits per heavy atom. The summed E-state index contributed by atoms with van der Waals surface area (Å²) in [6.07, 6.45) is 5.82. The molecule has 2 atom stereocenters. The normalized spacial score (nSPS) is 32.7. The molecule has 3 saturated carbocycles. The molecule has 162 valence electrons. The SMILES string of the molecule is CC1(c2ccc(Nc3ccc4c(c3)C(C)(C)c3ccccc3-4)cc2)CC2CC3CC(C1)C32. The van der Waals surface area contributed by atoms with E-state index in [4.69, 9.17) is 0 Å². The van der Waals surface area contributed by atoms with E-state index in [0.29, 0.717) is 5.41 Å². The maximum absolute atomic E-state index is 3.68. The van der Waals surface area contributed by atoms with Gasteiger partial charge in [-0.25, -0.2) is 0 Å². The zero-order valence-corrected chi connectivity index (χ0v) is 19.5. The second kappa shape index (κ2) is 6.28. The van der Waals surface area contributed by atoms with Crippen LogP contribution in [0.4, 0.5) is 11.4 Å². The van der Waals surface area contributed by atoms with Gasteiger partial charge in [-0.15, -0.1) is 0 Å². The zero-order valence-electron chi connectivity index (χ0n) is 19.5. The number of rotatable bonds is 3. The Morgan fingerprint density at radius 1 is 0.688 bits per heavy atom. The molecule has 0 heterocycles. The van der Waals surface area contributed by atoms with E-state index in [0.717, 1.165) is 23.7 Å². The highest BCUT2D eigenvalue weighted by atomic mass is 14.9. The third kappa shape index (κ3) is 2.51. The Labute approximate surface area is 192 Å². The monoisotopic (exact) mass is 419 g/mol. The first-order chi connectivity index (χ1) is 15.4. The first-order valence-electron chi connectivity index (χ1n) is 12.5. The fraction of sp³-hybridized carbons (Fsp3) is 0.419. The van der Waals surface area contributed by atoms with E-state index < -0.39 is 0 Å². The topological polar surface area (TPSA) is 12.0 Å². The molecule has 32 heavy (non-hydrogen) atoms. The molecular formula is C31H33N. The van der Waals surface area contributed by atoms with Crippen molar-refractivity contribution >= 4 is 11.4 Å². The van der Waals surface area contributed by atoms with Crippen molar-refractivity contribution in [3.05, 3.63) is 83.4 Å². The van der Waals surface area contributed by atoms with Crippen LogP contribution in [0.3, 0.4) is 0 Å². The molecule has 3 fully saturated rings. The molecule has 0 saturated heterocycles. The van der Waals surface area contributed by atoms with Gasteiger partial charge in [-0.05, 0) is 107 Å². The summed E-state index contributed by atoms with van der Waals surface area (Å²) in [5, 5.41) is 3.68. The molecule has 4 aliphatic rings. The molecule has 0 aromatic heterocycles. The van der Waals surface area contributed by atoms with Gasteiger partial charge in [-0.3, -0.25) is 0 Å². The molecule has 3 aromatic carbocycles. The number of nitrogens with one attached hydrogen (secondary N) is 1. The van der Waals surface area contributed by atoms with E-state index >= 15 is 0 Å². The molecule has 1 heteroatoms. The quantitative estimate of drug-likeness (QED) is 0.453. The van der Waals surface area contributed by atoms with Gasteiger partial charge in [0.15, 0.2) is 0 Å². The highest BCUT2D eigenvalue weighted by Gasteiger charge is 2.59. The number of hydrogen-bond donors (Lipinski definition) is 1. The molecule has 0 bridgehead atoms. The zero-order chi connectivity index (χ0) is 21.7. The molecule has 0 radical (unpaired) electrons. The van der Waals surface area contributed by atoms with Crippen molar-refractivity contribution in [2.24, 2.45) is 23.7 Å². The van der Waals surface area contributed by atoms with Gasteiger partial charge >= 0.3 is 0 Å². The largest absolute Gasteiger partial charge is 0.356 e. The lowest BCUT2D eigenvalue weighted by Gasteiger charge is -2.65. The van der Waals surface area contributed by atoms with Gasteiger partial charge in [0.2, 0.25) is 0 Å². The summed E-state index contributed by atoms with van der Waals surface area (Å²) in [5.41, 5.74) is 9.95. The van der Waals surface area contributed by atoms with Crippen LogP contribution in [-0.2, 0) is 10.8 Å². The van der Waals surface area contributed by atoms with Crippen molar-refractivity contribution in [1.82, 2.24) is 0 Å².